The maximum atomic E-state index is 12.1. The highest BCUT2D eigenvalue weighted by Crippen LogP contribution is 2.18. The third-order valence-electron chi connectivity index (χ3n) is 2.70. The van der Waals surface area contributed by atoms with Gasteiger partial charge in [0.2, 0.25) is 0 Å². The molecule has 1 heterocycles. The topological polar surface area (TPSA) is 69.9 Å². The van der Waals surface area contributed by atoms with Crippen molar-refractivity contribution in [1.29, 1.82) is 0 Å². The largest absolute Gasteiger partial charge is 0.423 e. The van der Waals surface area contributed by atoms with Gasteiger partial charge in [-0.2, -0.15) is 0 Å². The molecule has 0 unspecified atom stereocenters. The summed E-state index contributed by atoms with van der Waals surface area (Å²) in [7, 11) is 0. The van der Waals surface area contributed by atoms with Crippen molar-refractivity contribution in [2.45, 2.75) is 0 Å². The second-order valence-corrected chi connectivity index (χ2v) is 5.40. The lowest BCUT2D eigenvalue weighted by Crippen LogP contribution is -2.09. The molecule has 0 aliphatic rings. The summed E-state index contributed by atoms with van der Waals surface area (Å²) in [6, 6.07) is 14.2. The summed E-state index contributed by atoms with van der Waals surface area (Å²) < 4.78 is 7.84. The molecule has 0 aliphatic carbocycles. The van der Waals surface area contributed by atoms with Crippen LogP contribution in [-0.2, 0) is 0 Å². The average Bonchev–Trinajstić information content (AvgIpc) is 3.02. The number of benzene rings is 2. The first-order chi connectivity index (χ1) is 10.2. The first kappa shape index (κ1) is 13.7. The summed E-state index contributed by atoms with van der Waals surface area (Å²) in [5.41, 5.74) is 1.22. The molecule has 0 saturated carbocycles. The lowest BCUT2D eigenvalue weighted by Gasteiger charge is -2.06. The second-order valence-electron chi connectivity index (χ2n) is 4.15. The maximum Gasteiger partial charge on any atom is 0.343 e. The van der Waals surface area contributed by atoms with E-state index in [0.29, 0.717) is 17.0 Å². The average molecular weight is 392 g/mol. The van der Waals surface area contributed by atoms with Crippen molar-refractivity contribution in [2.75, 3.05) is 0 Å². The van der Waals surface area contributed by atoms with Crippen LogP contribution in [0.25, 0.3) is 5.69 Å². The van der Waals surface area contributed by atoms with Crippen molar-refractivity contribution in [3.05, 3.63) is 64.0 Å². The Hall–Kier alpha value is -2.29. The van der Waals surface area contributed by atoms with E-state index in [2.05, 4.69) is 38.1 Å². The second kappa shape index (κ2) is 6.00. The van der Waals surface area contributed by atoms with Crippen molar-refractivity contribution in [2.24, 2.45) is 0 Å². The van der Waals surface area contributed by atoms with Gasteiger partial charge in [0, 0.05) is 9.64 Å². The number of hydrogen-bond donors (Lipinski definition) is 0. The molecule has 0 atom stereocenters. The molecule has 1 aromatic heterocycles. The van der Waals surface area contributed by atoms with Gasteiger partial charge in [-0.15, -0.1) is 5.10 Å². The number of carbonyl (C=O) groups excluding carboxylic acids is 1. The molecule has 2 aromatic carbocycles. The van der Waals surface area contributed by atoms with Gasteiger partial charge < -0.3 is 4.74 Å². The number of aromatic nitrogens is 4. The van der Waals surface area contributed by atoms with Crippen molar-refractivity contribution < 1.29 is 9.53 Å². The van der Waals surface area contributed by atoms with E-state index in [0.717, 1.165) is 3.57 Å². The summed E-state index contributed by atoms with van der Waals surface area (Å²) in [4.78, 5) is 12.1. The fourth-order valence-electron chi connectivity index (χ4n) is 1.75. The monoisotopic (exact) mass is 392 g/mol. The van der Waals surface area contributed by atoms with Gasteiger partial charge >= 0.3 is 5.97 Å². The first-order valence-electron chi connectivity index (χ1n) is 6.03. The predicted molar refractivity (Wildman–Crippen MR) is 83.3 cm³/mol. The van der Waals surface area contributed by atoms with Gasteiger partial charge in [-0.3, -0.25) is 0 Å². The number of tetrazole rings is 1. The minimum Gasteiger partial charge on any atom is -0.423 e. The van der Waals surface area contributed by atoms with Crippen molar-refractivity contribution in [1.82, 2.24) is 20.2 Å². The summed E-state index contributed by atoms with van der Waals surface area (Å²) >= 11 is 2.15. The maximum absolute atomic E-state index is 12.1. The van der Waals surface area contributed by atoms with Crippen LogP contribution in [0.15, 0.2) is 54.9 Å². The molecule has 3 aromatic rings. The van der Waals surface area contributed by atoms with Crippen LogP contribution >= 0.6 is 22.6 Å². The molecular formula is C14H9IN4O2. The van der Waals surface area contributed by atoms with Crippen molar-refractivity contribution >= 4 is 28.6 Å². The SMILES string of the molecule is O=C(Oc1cccc(-n2cnnn2)c1)c1cccc(I)c1. The van der Waals surface area contributed by atoms with Gasteiger partial charge in [-0.05, 0) is 63.3 Å². The van der Waals surface area contributed by atoms with Crippen LogP contribution in [0.5, 0.6) is 5.75 Å². The van der Waals surface area contributed by atoms with Crippen LogP contribution in [-0.4, -0.2) is 26.2 Å². The van der Waals surface area contributed by atoms with Crippen LogP contribution in [0.4, 0.5) is 0 Å². The predicted octanol–water partition coefficient (Wildman–Crippen LogP) is 2.49. The van der Waals surface area contributed by atoms with Gasteiger partial charge in [-0.1, -0.05) is 12.1 Å². The molecular weight excluding hydrogens is 383 g/mol. The van der Waals surface area contributed by atoms with Crippen LogP contribution < -0.4 is 4.74 Å². The molecule has 0 spiro atoms. The molecule has 0 N–H and O–H groups in total. The Morgan fingerprint density at radius 1 is 1.14 bits per heavy atom. The van der Waals surface area contributed by atoms with Crippen LogP contribution in [0.3, 0.4) is 0 Å². The molecule has 3 rings (SSSR count). The highest BCUT2D eigenvalue weighted by atomic mass is 127. The first-order valence-corrected chi connectivity index (χ1v) is 7.11. The minimum atomic E-state index is -0.401. The quantitative estimate of drug-likeness (QED) is 0.389. The number of carbonyl (C=O) groups is 1. The lowest BCUT2D eigenvalue weighted by atomic mass is 10.2. The van der Waals surface area contributed by atoms with Crippen LogP contribution in [0.1, 0.15) is 10.4 Å². The van der Waals surface area contributed by atoms with E-state index < -0.39 is 5.97 Å². The Bertz CT molecular complexity index is 774. The highest BCUT2D eigenvalue weighted by Gasteiger charge is 2.09. The molecule has 104 valence electrons. The van der Waals surface area contributed by atoms with Crippen LogP contribution in [0.2, 0.25) is 0 Å². The van der Waals surface area contributed by atoms with Crippen molar-refractivity contribution in [3.8, 4) is 11.4 Å². The van der Waals surface area contributed by atoms with Gasteiger partial charge in [-0.25, -0.2) is 9.48 Å². The number of nitrogens with zero attached hydrogens (tertiary/aromatic N) is 4. The molecule has 0 saturated heterocycles. The van der Waals surface area contributed by atoms with Gasteiger partial charge in [0.1, 0.15) is 12.1 Å². The molecule has 21 heavy (non-hydrogen) atoms. The van der Waals surface area contributed by atoms with Crippen LogP contribution in [0, 0.1) is 3.57 Å². The third kappa shape index (κ3) is 3.24. The molecule has 6 nitrogen and oxygen atoms in total. The standard InChI is InChI=1S/C14H9IN4O2/c15-11-4-1-3-10(7-11)14(20)21-13-6-2-5-12(8-13)19-9-16-17-18-19/h1-9H. The summed E-state index contributed by atoms with van der Waals surface area (Å²) in [6.45, 7) is 0. The number of ether oxygens (including phenoxy) is 1. The normalized spacial score (nSPS) is 10.3. The molecule has 0 bridgehead atoms. The van der Waals surface area contributed by atoms with E-state index in [1.807, 2.05) is 18.2 Å². The van der Waals surface area contributed by atoms with E-state index in [1.54, 1.807) is 30.3 Å². The molecule has 0 aliphatic heterocycles. The van der Waals surface area contributed by atoms with Crippen molar-refractivity contribution in [3.63, 3.8) is 0 Å². The van der Waals surface area contributed by atoms with E-state index >= 15 is 0 Å². The Morgan fingerprint density at radius 2 is 2.00 bits per heavy atom. The van der Waals surface area contributed by atoms with E-state index in [1.165, 1.54) is 11.0 Å². The Morgan fingerprint density at radius 3 is 2.76 bits per heavy atom. The molecule has 0 radical (unpaired) electrons. The zero-order valence-corrected chi connectivity index (χ0v) is 12.8. The smallest absolute Gasteiger partial charge is 0.343 e. The van der Waals surface area contributed by atoms with E-state index in [9.17, 15) is 4.79 Å². The lowest BCUT2D eigenvalue weighted by molar-refractivity contribution is 0.0734. The Balaban J connectivity index is 1.82. The fourth-order valence-corrected chi connectivity index (χ4v) is 2.29. The molecule has 0 amide bonds. The number of rotatable bonds is 3. The Kier molecular flexibility index (Phi) is 3.91. The fraction of sp³-hybridized carbons (Fsp3) is 0. The number of halogens is 1. The van der Waals surface area contributed by atoms with Gasteiger partial charge in [0.15, 0.2) is 0 Å². The third-order valence-corrected chi connectivity index (χ3v) is 3.37. The van der Waals surface area contributed by atoms with Gasteiger partial charge in [0.25, 0.3) is 0 Å². The zero-order valence-electron chi connectivity index (χ0n) is 10.7. The number of esters is 1. The Labute approximate surface area is 133 Å². The summed E-state index contributed by atoms with van der Waals surface area (Å²) in [6.07, 6.45) is 1.47. The summed E-state index contributed by atoms with van der Waals surface area (Å²) in [5, 5.41) is 10.9. The van der Waals surface area contributed by atoms with Gasteiger partial charge in [0.05, 0.1) is 11.3 Å². The van der Waals surface area contributed by atoms with E-state index in [4.69, 9.17) is 4.74 Å². The minimum absolute atomic E-state index is 0.401. The molecule has 7 heteroatoms. The molecule has 0 fully saturated rings. The zero-order chi connectivity index (χ0) is 14.7. The number of hydrogen-bond acceptors (Lipinski definition) is 5. The highest BCUT2D eigenvalue weighted by molar-refractivity contribution is 14.1. The summed E-state index contributed by atoms with van der Waals surface area (Å²) in [5.74, 6) is 0.0363. The van der Waals surface area contributed by atoms with E-state index in [-0.39, 0.29) is 0 Å².